The summed E-state index contributed by atoms with van der Waals surface area (Å²) in [5.74, 6) is -18.0. The maximum atomic E-state index is 10.1. The summed E-state index contributed by atoms with van der Waals surface area (Å²) < 4.78 is 0. The Kier molecular flexibility index (Phi) is 33.3. The SMILES string of the molecule is O=C([O-])CC(O)(CC(=O)[O-])C(=O)[O-].O=C([O-])CC(O)(CC(=O)[O-])C(=O)[O-].O=C([O-])CC(O)(CC(=O)[O-])C(=O)[O-].[Al+3].[Mg+2].[Mg+2].[Mg+2]. The van der Waals surface area contributed by atoms with Gasteiger partial charge in [0.2, 0.25) is 0 Å². The molecular formula is C18H15AlMg3O21. The molecule has 0 spiro atoms. The molecule has 222 valence electrons. The van der Waals surface area contributed by atoms with Gasteiger partial charge in [-0.3, -0.25) is 0 Å². The van der Waals surface area contributed by atoms with E-state index in [0.29, 0.717) is 0 Å². The van der Waals surface area contributed by atoms with Gasteiger partial charge in [-0.2, -0.15) is 0 Å². The zero-order valence-electron chi connectivity index (χ0n) is 21.6. The van der Waals surface area contributed by atoms with Crippen molar-refractivity contribution in [3.8, 4) is 0 Å². The van der Waals surface area contributed by atoms with E-state index in [1.807, 2.05) is 0 Å². The first-order valence-electron chi connectivity index (χ1n) is 9.34. The van der Waals surface area contributed by atoms with E-state index < -0.39 is 109 Å². The number of carbonyl (C=O) groups excluding carboxylic acids is 9. The van der Waals surface area contributed by atoms with Crippen LogP contribution in [0.3, 0.4) is 0 Å². The van der Waals surface area contributed by atoms with Crippen molar-refractivity contribution in [3.63, 3.8) is 0 Å². The van der Waals surface area contributed by atoms with Crippen molar-refractivity contribution in [1.82, 2.24) is 0 Å². The quantitative estimate of drug-likeness (QED) is 0.136. The maximum Gasteiger partial charge on any atom is 3.00 e. The van der Waals surface area contributed by atoms with Crippen molar-refractivity contribution in [2.75, 3.05) is 0 Å². The van der Waals surface area contributed by atoms with Crippen molar-refractivity contribution >= 4 is 140 Å². The second-order valence-corrected chi connectivity index (χ2v) is 7.25. The summed E-state index contributed by atoms with van der Waals surface area (Å²) in [4.78, 5) is 90.0. The summed E-state index contributed by atoms with van der Waals surface area (Å²) in [6.45, 7) is 0. The summed E-state index contributed by atoms with van der Waals surface area (Å²) in [6.07, 6.45) is -8.15. The molecule has 0 aliphatic heterocycles. The Morgan fingerprint density at radius 2 is 0.442 bits per heavy atom. The van der Waals surface area contributed by atoms with Gasteiger partial charge in [-0.25, -0.2) is 0 Å². The average molecular weight is 667 g/mol. The fraction of sp³-hybridized carbons (Fsp3) is 0.500. The van der Waals surface area contributed by atoms with Crippen molar-refractivity contribution < 1.29 is 104 Å². The number of carboxylic acid groups (broad SMARTS) is 9. The number of aliphatic hydroxyl groups is 3. The van der Waals surface area contributed by atoms with E-state index in [1.54, 1.807) is 0 Å². The van der Waals surface area contributed by atoms with Crippen molar-refractivity contribution in [2.24, 2.45) is 0 Å². The fourth-order valence-electron chi connectivity index (χ4n) is 2.05. The third kappa shape index (κ3) is 27.2. The molecule has 0 atom stereocenters. The van der Waals surface area contributed by atoms with Crippen LogP contribution in [0.2, 0.25) is 0 Å². The standard InChI is InChI=1S/3C6H8O7.Al.3Mg/c3*7-3(8)1-6(13,5(11)12)2-4(9)10;;;;/h3*13H,1-2H2,(H,7,8)(H,9,10)(H,11,12);;;;/q;;;+3;3*+2/p-9. The maximum absolute atomic E-state index is 10.1. The molecule has 0 fully saturated rings. The first kappa shape index (κ1) is 56.7. The van der Waals surface area contributed by atoms with Crippen molar-refractivity contribution in [1.29, 1.82) is 0 Å². The molecule has 0 rings (SSSR count). The van der Waals surface area contributed by atoms with E-state index in [2.05, 4.69) is 0 Å². The molecule has 0 saturated heterocycles. The summed E-state index contributed by atoms with van der Waals surface area (Å²) in [5.41, 5.74) is -8.92. The van der Waals surface area contributed by atoms with Gasteiger partial charge in [-0.1, -0.05) is 0 Å². The van der Waals surface area contributed by atoms with Crippen LogP contribution in [-0.2, 0) is 43.2 Å². The van der Waals surface area contributed by atoms with Gasteiger partial charge in [0.05, 0.1) is 17.9 Å². The molecule has 0 aromatic carbocycles. The largest absolute Gasteiger partial charge is 3.00 e. The molecular weight excluding hydrogens is 652 g/mol. The normalized spacial score (nSPS) is 9.84. The topological polar surface area (TPSA) is 422 Å². The van der Waals surface area contributed by atoms with Crippen LogP contribution in [0.1, 0.15) is 38.5 Å². The third-order valence-corrected chi connectivity index (χ3v) is 3.76. The Labute approximate surface area is 298 Å². The second kappa shape index (κ2) is 25.3. The summed E-state index contributed by atoms with van der Waals surface area (Å²) in [5, 5.41) is 117. The second-order valence-electron chi connectivity index (χ2n) is 7.25. The Morgan fingerprint density at radius 3 is 0.488 bits per heavy atom. The molecule has 3 N–H and O–H groups in total. The van der Waals surface area contributed by atoms with Crippen LogP contribution < -0.4 is 46.0 Å². The van der Waals surface area contributed by atoms with Gasteiger partial charge < -0.3 is 104 Å². The molecule has 0 radical (unpaired) electrons. The van der Waals surface area contributed by atoms with Crippen LogP contribution in [0.5, 0.6) is 0 Å². The summed E-state index contributed by atoms with van der Waals surface area (Å²) >= 11 is 0. The molecule has 0 heterocycles. The molecule has 0 aromatic rings. The van der Waals surface area contributed by atoms with Crippen LogP contribution in [0.15, 0.2) is 0 Å². The third-order valence-electron chi connectivity index (χ3n) is 3.76. The first-order valence-corrected chi connectivity index (χ1v) is 9.34. The number of hydrogen-bond acceptors (Lipinski definition) is 21. The van der Waals surface area contributed by atoms with Crippen molar-refractivity contribution in [2.45, 2.75) is 55.3 Å². The van der Waals surface area contributed by atoms with E-state index in [4.69, 9.17) is 15.3 Å². The minimum atomic E-state index is -2.97. The van der Waals surface area contributed by atoms with Gasteiger partial charge in [0, 0.05) is 74.3 Å². The van der Waals surface area contributed by atoms with Gasteiger partial charge in [-0.15, -0.1) is 0 Å². The average Bonchev–Trinajstić information content (AvgIpc) is 2.64. The number of carbonyl (C=O) groups is 9. The monoisotopic (exact) mass is 666 g/mol. The van der Waals surface area contributed by atoms with Crippen LogP contribution in [0, 0.1) is 0 Å². The van der Waals surface area contributed by atoms with Crippen LogP contribution >= 0.6 is 0 Å². The number of aliphatic carboxylic acids is 9. The van der Waals surface area contributed by atoms with Crippen molar-refractivity contribution in [3.05, 3.63) is 0 Å². The van der Waals surface area contributed by atoms with Gasteiger partial charge in [0.1, 0.15) is 16.8 Å². The molecule has 0 aromatic heterocycles. The van der Waals surface area contributed by atoms with Crippen LogP contribution in [-0.4, -0.2) is 172 Å². The minimum Gasteiger partial charge on any atom is -0.550 e. The Morgan fingerprint density at radius 1 is 0.349 bits per heavy atom. The molecule has 21 nitrogen and oxygen atoms in total. The zero-order valence-corrected chi connectivity index (χ0v) is 27.0. The first-order chi connectivity index (χ1) is 17.3. The van der Waals surface area contributed by atoms with Crippen LogP contribution in [0.4, 0.5) is 0 Å². The minimum absolute atomic E-state index is 0. The van der Waals surface area contributed by atoms with Gasteiger partial charge in [-0.05, 0) is 0 Å². The van der Waals surface area contributed by atoms with E-state index in [1.165, 1.54) is 0 Å². The Balaban J connectivity index is -0.0000000864. The molecule has 0 amide bonds. The molecule has 43 heavy (non-hydrogen) atoms. The van der Waals surface area contributed by atoms with E-state index in [0.717, 1.165) is 0 Å². The van der Waals surface area contributed by atoms with Crippen LogP contribution in [0.25, 0.3) is 0 Å². The summed E-state index contributed by atoms with van der Waals surface area (Å²) in [6, 6.07) is 0. The van der Waals surface area contributed by atoms with Gasteiger partial charge in [0.25, 0.3) is 0 Å². The molecule has 25 heteroatoms. The molecule has 0 unspecified atom stereocenters. The number of carboxylic acids is 9. The fourth-order valence-corrected chi connectivity index (χ4v) is 2.05. The smallest absolute Gasteiger partial charge is 0.550 e. The Bertz CT molecular complexity index is 828. The van der Waals surface area contributed by atoms with Gasteiger partial charge >= 0.3 is 86.5 Å². The summed E-state index contributed by atoms with van der Waals surface area (Å²) in [7, 11) is 0. The number of hydrogen-bond donors (Lipinski definition) is 3. The molecule has 0 saturated carbocycles. The predicted octanol–water partition coefficient (Wildman–Crippen LogP) is -17.3. The predicted molar refractivity (Wildman–Crippen MR) is 111 cm³/mol. The Hall–Kier alpha value is -2.06. The number of rotatable bonds is 15. The molecule has 0 bridgehead atoms. The molecule has 0 aliphatic rings. The molecule has 0 aliphatic carbocycles. The van der Waals surface area contributed by atoms with E-state index in [-0.39, 0.29) is 86.5 Å². The zero-order chi connectivity index (χ0) is 31.9. The van der Waals surface area contributed by atoms with E-state index >= 15 is 0 Å². The van der Waals surface area contributed by atoms with E-state index in [9.17, 15) is 89.1 Å². The van der Waals surface area contributed by atoms with Gasteiger partial charge in [0.15, 0.2) is 0 Å².